The molecule has 78 valence electrons. The third kappa shape index (κ3) is 1.56. The van der Waals surface area contributed by atoms with Gasteiger partial charge in [0, 0.05) is 35.9 Å². The van der Waals surface area contributed by atoms with E-state index in [1.165, 1.54) is 0 Å². The van der Waals surface area contributed by atoms with Crippen molar-refractivity contribution in [2.75, 3.05) is 11.5 Å². The molecule has 0 unspecified atom stereocenters. The summed E-state index contributed by atoms with van der Waals surface area (Å²) in [5, 5.41) is 0. The minimum Gasteiger partial charge on any atom is -0.399 e. The van der Waals surface area contributed by atoms with Crippen LogP contribution in [0.15, 0.2) is 30.5 Å². The van der Waals surface area contributed by atoms with E-state index in [2.05, 4.69) is 0 Å². The molecule has 3 nitrogen and oxygen atoms in total. The van der Waals surface area contributed by atoms with Crippen molar-refractivity contribution in [2.45, 2.75) is 6.92 Å². The van der Waals surface area contributed by atoms with E-state index in [1.807, 2.05) is 49.0 Å². The van der Waals surface area contributed by atoms with Crippen LogP contribution in [0.1, 0.15) is 5.56 Å². The summed E-state index contributed by atoms with van der Waals surface area (Å²) in [4.78, 5) is 0. The summed E-state index contributed by atoms with van der Waals surface area (Å²) in [6.07, 6.45) is 1.99. The zero-order valence-electron chi connectivity index (χ0n) is 8.99. The average molecular weight is 201 g/mol. The summed E-state index contributed by atoms with van der Waals surface area (Å²) < 4.78 is 2.03. The molecule has 0 spiro atoms. The molecule has 3 heteroatoms. The van der Waals surface area contributed by atoms with Crippen molar-refractivity contribution in [1.82, 2.24) is 4.57 Å². The zero-order chi connectivity index (χ0) is 11.0. The summed E-state index contributed by atoms with van der Waals surface area (Å²) in [5.74, 6) is 0. The van der Waals surface area contributed by atoms with E-state index in [9.17, 15) is 0 Å². The normalized spacial score (nSPS) is 10.5. The molecule has 2 aromatic rings. The number of rotatable bonds is 1. The highest BCUT2D eigenvalue weighted by atomic mass is 14.9. The number of nitrogens with two attached hydrogens (primary N) is 2. The Morgan fingerprint density at radius 2 is 1.93 bits per heavy atom. The molecule has 0 aliphatic heterocycles. The number of hydrogen-bond acceptors (Lipinski definition) is 2. The fourth-order valence-electron chi connectivity index (χ4n) is 1.78. The lowest BCUT2D eigenvalue weighted by molar-refractivity contribution is 0.937. The standard InChI is InChI=1S/C12H15N3/c1-8-6-9(13)7-10(12(8)14)11-4-3-5-15(11)2/h3-7H,13-14H2,1-2H3. The molecule has 0 saturated heterocycles. The van der Waals surface area contributed by atoms with E-state index in [-0.39, 0.29) is 0 Å². The van der Waals surface area contributed by atoms with Gasteiger partial charge in [-0.25, -0.2) is 0 Å². The van der Waals surface area contributed by atoms with E-state index in [4.69, 9.17) is 11.5 Å². The molecule has 1 aromatic carbocycles. The maximum absolute atomic E-state index is 6.04. The van der Waals surface area contributed by atoms with Crippen LogP contribution in [0.4, 0.5) is 11.4 Å². The smallest absolute Gasteiger partial charge is 0.0499 e. The van der Waals surface area contributed by atoms with Gasteiger partial charge in [-0.1, -0.05) is 0 Å². The highest BCUT2D eigenvalue weighted by molar-refractivity contribution is 5.80. The monoisotopic (exact) mass is 201 g/mol. The molecule has 0 amide bonds. The number of benzene rings is 1. The first-order valence-corrected chi connectivity index (χ1v) is 4.87. The third-order valence-electron chi connectivity index (χ3n) is 2.63. The van der Waals surface area contributed by atoms with E-state index in [0.717, 1.165) is 28.2 Å². The minimum absolute atomic E-state index is 0.748. The van der Waals surface area contributed by atoms with Crippen molar-refractivity contribution in [3.63, 3.8) is 0 Å². The van der Waals surface area contributed by atoms with Crippen LogP contribution in [0.2, 0.25) is 0 Å². The number of anilines is 2. The lowest BCUT2D eigenvalue weighted by Gasteiger charge is -2.10. The van der Waals surface area contributed by atoms with Crippen LogP contribution in [0, 0.1) is 6.92 Å². The summed E-state index contributed by atoms with van der Waals surface area (Å²) in [7, 11) is 1.99. The maximum atomic E-state index is 6.04. The van der Waals surface area contributed by atoms with Gasteiger partial charge in [0.05, 0.1) is 0 Å². The lowest BCUT2D eigenvalue weighted by atomic mass is 10.0. The molecule has 4 N–H and O–H groups in total. The quantitative estimate of drug-likeness (QED) is 0.695. The van der Waals surface area contributed by atoms with E-state index in [0.29, 0.717) is 0 Å². The Morgan fingerprint density at radius 1 is 1.20 bits per heavy atom. The highest BCUT2D eigenvalue weighted by Crippen LogP contribution is 2.30. The first kappa shape index (κ1) is 9.65. The SMILES string of the molecule is Cc1cc(N)cc(-c2cccn2C)c1N. The molecule has 1 aromatic heterocycles. The second-order valence-electron chi connectivity index (χ2n) is 3.80. The Bertz CT molecular complexity index is 498. The lowest BCUT2D eigenvalue weighted by Crippen LogP contribution is -1.99. The van der Waals surface area contributed by atoms with E-state index >= 15 is 0 Å². The fourth-order valence-corrected chi connectivity index (χ4v) is 1.78. The molecular weight excluding hydrogens is 186 g/mol. The van der Waals surface area contributed by atoms with E-state index < -0.39 is 0 Å². The molecular formula is C12H15N3. The molecule has 0 bridgehead atoms. The number of nitrogen functional groups attached to an aromatic ring is 2. The summed E-state index contributed by atoms with van der Waals surface area (Å²) >= 11 is 0. The molecule has 0 radical (unpaired) electrons. The predicted octanol–water partition coefficient (Wildman–Crippen LogP) is 2.16. The van der Waals surface area contributed by atoms with Crippen LogP contribution in [-0.4, -0.2) is 4.57 Å². The summed E-state index contributed by atoms with van der Waals surface area (Å²) in [6, 6.07) is 7.83. The fraction of sp³-hybridized carbons (Fsp3) is 0.167. The first-order valence-electron chi connectivity index (χ1n) is 4.87. The van der Waals surface area contributed by atoms with Gasteiger partial charge in [0.15, 0.2) is 0 Å². The van der Waals surface area contributed by atoms with Crippen LogP contribution < -0.4 is 11.5 Å². The van der Waals surface area contributed by atoms with Crippen LogP contribution >= 0.6 is 0 Å². The van der Waals surface area contributed by atoms with Crippen molar-refractivity contribution in [2.24, 2.45) is 7.05 Å². The first-order chi connectivity index (χ1) is 7.09. The number of aryl methyl sites for hydroxylation is 2. The van der Waals surface area contributed by atoms with Crippen molar-refractivity contribution in [3.8, 4) is 11.3 Å². The molecule has 0 aliphatic rings. The number of aromatic nitrogens is 1. The van der Waals surface area contributed by atoms with Crippen molar-refractivity contribution in [3.05, 3.63) is 36.0 Å². The number of nitrogens with zero attached hydrogens (tertiary/aromatic N) is 1. The van der Waals surface area contributed by atoms with Crippen LogP contribution in [-0.2, 0) is 7.05 Å². The van der Waals surface area contributed by atoms with Gasteiger partial charge in [0.2, 0.25) is 0 Å². The topological polar surface area (TPSA) is 57.0 Å². The van der Waals surface area contributed by atoms with Gasteiger partial charge in [0.25, 0.3) is 0 Å². The van der Waals surface area contributed by atoms with Gasteiger partial charge in [-0.3, -0.25) is 0 Å². The van der Waals surface area contributed by atoms with Gasteiger partial charge in [-0.05, 0) is 36.8 Å². The molecule has 0 aliphatic carbocycles. The Hall–Kier alpha value is -1.90. The Morgan fingerprint density at radius 3 is 2.53 bits per heavy atom. The molecule has 15 heavy (non-hydrogen) atoms. The second-order valence-corrected chi connectivity index (χ2v) is 3.80. The average Bonchev–Trinajstić information content (AvgIpc) is 2.58. The molecule has 0 fully saturated rings. The van der Waals surface area contributed by atoms with Crippen molar-refractivity contribution < 1.29 is 0 Å². The van der Waals surface area contributed by atoms with Gasteiger partial charge in [-0.2, -0.15) is 0 Å². The Labute approximate surface area is 89.3 Å². The van der Waals surface area contributed by atoms with Crippen LogP contribution in [0.3, 0.4) is 0 Å². The van der Waals surface area contributed by atoms with Gasteiger partial charge >= 0.3 is 0 Å². The molecule has 0 saturated carbocycles. The van der Waals surface area contributed by atoms with Gasteiger partial charge in [-0.15, -0.1) is 0 Å². The minimum atomic E-state index is 0.748. The van der Waals surface area contributed by atoms with Gasteiger partial charge in [0.1, 0.15) is 0 Å². The molecule has 0 atom stereocenters. The highest BCUT2D eigenvalue weighted by Gasteiger charge is 2.08. The van der Waals surface area contributed by atoms with Crippen LogP contribution in [0.5, 0.6) is 0 Å². The summed E-state index contributed by atoms with van der Waals surface area (Å²) in [5.41, 5.74) is 16.5. The van der Waals surface area contributed by atoms with Gasteiger partial charge < -0.3 is 16.0 Å². The Kier molecular flexibility index (Phi) is 2.15. The second kappa shape index (κ2) is 3.35. The molecule has 2 rings (SSSR count). The van der Waals surface area contributed by atoms with Crippen molar-refractivity contribution in [1.29, 1.82) is 0 Å². The Balaban J connectivity index is 2.68. The van der Waals surface area contributed by atoms with Crippen molar-refractivity contribution >= 4 is 11.4 Å². The van der Waals surface area contributed by atoms with E-state index in [1.54, 1.807) is 0 Å². The molecule has 1 heterocycles. The number of hydrogen-bond donors (Lipinski definition) is 2. The largest absolute Gasteiger partial charge is 0.399 e. The third-order valence-corrected chi connectivity index (χ3v) is 2.63. The zero-order valence-corrected chi connectivity index (χ0v) is 8.99. The maximum Gasteiger partial charge on any atom is 0.0499 e. The van der Waals surface area contributed by atoms with Crippen LogP contribution in [0.25, 0.3) is 11.3 Å². The predicted molar refractivity (Wildman–Crippen MR) is 64.4 cm³/mol. The summed E-state index contributed by atoms with van der Waals surface area (Å²) in [6.45, 7) is 1.97.